The molecule has 0 aliphatic heterocycles. The first kappa shape index (κ1) is 35.9. The average molecular weight is 781 g/mol. The normalized spacial score (nSPS) is 11.4. The van der Waals surface area contributed by atoms with E-state index in [2.05, 4.69) is 151 Å². The van der Waals surface area contributed by atoms with E-state index < -0.39 is 0 Å². The molecule has 0 atom stereocenters. The van der Waals surface area contributed by atoms with Crippen molar-refractivity contribution in [2.45, 2.75) is 6.92 Å². The number of fused-ring (bicyclic) bond motifs is 4. The molecule has 0 saturated carbocycles. The molecule has 7 aromatic carbocycles. The lowest BCUT2D eigenvalue weighted by Crippen LogP contribution is -2.00. The van der Waals surface area contributed by atoms with Gasteiger partial charge in [0.2, 0.25) is 0 Å². The molecule has 0 radical (unpaired) electrons. The number of rotatable bonds is 7. The molecule has 4 heterocycles. The van der Waals surface area contributed by atoms with Gasteiger partial charge in [0.1, 0.15) is 0 Å². The van der Waals surface area contributed by atoms with Crippen molar-refractivity contribution in [1.29, 1.82) is 0 Å². The Balaban J connectivity index is 0.981. The predicted molar refractivity (Wildman–Crippen MR) is 249 cm³/mol. The van der Waals surface area contributed by atoms with Crippen molar-refractivity contribution in [2.24, 2.45) is 0 Å². The summed E-state index contributed by atoms with van der Waals surface area (Å²) in [5, 5.41) is 4.40. The zero-order valence-electron chi connectivity index (χ0n) is 33.2. The maximum absolute atomic E-state index is 5.27. The van der Waals surface area contributed by atoms with E-state index in [-0.39, 0.29) is 0 Å². The number of hydrogen-bond donors (Lipinski definition) is 0. The molecule has 0 aliphatic rings. The van der Waals surface area contributed by atoms with Gasteiger partial charge in [0.05, 0.1) is 22.4 Å². The predicted octanol–water partition coefficient (Wildman–Crippen LogP) is 13.5. The molecular weight excluding hydrogens is 745 g/mol. The molecule has 6 nitrogen and oxygen atoms in total. The van der Waals surface area contributed by atoms with Crippen LogP contribution in [0.5, 0.6) is 0 Å². The first-order valence-electron chi connectivity index (χ1n) is 20.3. The third kappa shape index (κ3) is 6.86. The molecule has 4 aromatic heterocycles. The number of aromatic nitrogens is 6. The summed E-state index contributed by atoms with van der Waals surface area (Å²) in [5.41, 5.74) is 14.0. The monoisotopic (exact) mass is 780 g/mol. The Morgan fingerprint density at radius 3 is 1.62 bits per heavy atom. The van der Waals surface area contributed by atoms with Gasteiger partial charge in [-0.3, -0.25) is 4.98 Å². The molecule has 61 heavy (non-hydrogen) atoms. The van der Waals surface area contributed by atoms with Gasteiger partial charge in [0, 0.05) is 56.4 Å². The first-order valence-corrected chi connectivity index (χ1v) is 20.3. The van der Waals surface area contributed by atoms with Crippen LogP contribution in [0.4, 0.5) is 0 Å². The van der Waals surface area contributed by atoms with Gasteiger partial charge in [-0.1, -0.05) is 152 Å². The fourth-order valence-electron chi connectivity index (χ4n) is 8.20. The van der Waals surface area contributed by atoms with Crippen LogP contribution in [0.15, 0.2) is 200 Å². The van der Waals surface area contributed by atoms with Crippen LogP contribution in [0.1, 0.15) is 5.56 Å². The van der Waals surface area contributed by atoms with E-state index in [4.69, 9.17) is 24.9 Å². The van der Waals surface area contributed by atoms with Gasteiger partial charge in [-0.15, -0.1) is 0 Å². The molecule has 11 aromatic rings. The minimum Gasteiger partial charge on any atom is -0.264 e. The van der Waals surface area contributed by atoms with Crippen molar-refractivity contribution in [3.05, 3.63) is 206 Å². The summed E-state index contributed by atoms with van der Waals surface area (Å²) in [6.45, 7) is 2.15. The van der Waals surface area contributed by atoms with Crippen LogP contribution in [-0.4, -0.2) is 29.9 Å². The zero-order chi connectivity index (χ0) is 40.7. The Hall–Kier alpha value is -8.22. The standard InChI is InChI=1S/C55H36N6/c1-35-30-50(36-12-4-2-5-13-36)58-52-46(35)26-24-37-25-27-49(57-51(37)52)42-19-8-16-39(31-42)40-17-9-20-43(32-40)54-59-53(38-14-6-3-7-15-38)60-55(61-54)44-21-10-18-41(33-44)47-23-11-22-45-34-56-29-28-48(45)47/h2-34H,1H3. The topological polar surface area (TPSA) is 77.3 Å². The van der Waals surface area contributed by atoms with Gasteiger partial charge >= 0.3 is 0 Å². The second-order valence-corrected chi connectivity index (χ2v) is 15.2. The second-order valence-electron chi connectivity index (χ2n) is 15.2. The molecule has 286 valence electrons. The van der Waals surface area contributed by atoms with Crippen molar-refractivity contribution in [3.8, 4) is 78.9 Å². The van der Waals surface area contributed by atoms with E-state index in [1.54, 1.807) is 0 Å². The highest BCUT2D eigenvalue weighted by Gasteiger charge is 2.16. The quantitative estimate of drug-likeness (QED) is 0.150. The van der Waals surface area contributed by atoms with Gasteiger partial charge in [-0.2, -0.15) is 0 Å². The Kier molecular flexibility index (Phi) is 8.94. The van der Waals surface area contributed by atoms with Crippen LogP contribution >= 0.6 is 0 Å². The van der Waals surface area contributed by atoms with Crippen molar-refractivity contribution < 1.29 is 0 Å². The van der Waals surface area contributed by atoms with Gasteiger partial charge in [0.25, 0.3) is 0 Å². The highest BCUT2D eigenvalue weighted by atomic mass is 15.0. The number of pyridine rings is 3. The highest BCUT2D eigenvalue weighted by molar-refractivity contribution is 6.05. The van der Waals surface area contributed by atoms with Crippen molar-refractivity contribution in [1.82, 2.24) is 29.9 Å². The molecule has 6 heteroatoms. The van der Waals surface area contributed by atoms with Crippen molar-refractivity contribution >= 4 is 32.6 Å². The van der Waals surface area contributed by atoms with Crippen LogP contribution in [0.25, 0.3) is 112 Å². The molecule has 0 amide bonds. The summed E-state index contributed by atoms with van der Waals surface area (Å²) >= 11 is 0. The number of benzene rings is 7. The average Bonchev–Trinajstić information content (AvgIpc) is 3.34. The van der Waals surface area contributed by atoms with Gasteiger partial charge in [-0.05, 0) is 76.5 Å². The highest BCUT2D eigenvalue weighted by Crippen LogP contribution is 2.35. The van der Waals surface area contributed by atoms with E-state index in [9.17, 15) is 0 Å². The van der Waals surface area contributed by atoms with Gasteiger partial charge in [-0.25, -0.2) is 24.9 Å². The van der Waals surface area contributed by atoms with Crippen molar-refractivity contribution in [2.75, 3.05) is 0 Å². The molecule has 0 saturated heterocycles. The summed E-state index contributed by atoms with van der Waals surface area (Å²) in [6.07, 6.45) is 3.74. The molecule has 0 bridgehead atoms. The molecule has 0 aliphatic carbocycles. The molecule has 11 rings (SSSR count). The lowest BCUT2D eigenvalue weighted by Gasteiger charge is -2.12. The fourth-order valence-corrected chi connectivity index (χ4v) is 8.20. The minimum atomic E-state index is 0.601. The first-order chi connectivity index (χ1) is 30.1. The largest absolute Gasteiger partial charge is 0.264 e. The maximum atomic E-state index is 5.27. The van der Waals surface area contributed by atoms with Crippen LogP contribution in [-0.2, 0) is 0 Å². The van der Waals surface area contributed by atoms with E-state index in [1.807, 2.05) is 60.9 Å². The molecule has 0 spiro atoms. The Bertz CT molecular complexity index is 3430. The molecule has 0 N–H and O–H groups in total. The third-order valence-corrected chi connectivity index (χ3v) is 11.3. The van der Waals surface area contributed by atoms with E-state index >= 15 is 0 Å². The summed E-state index contributed by atoms with van der Waals surface area (Å²) < 4.78 is 0. The number of hydrogen-bond acceptors (Lipinski definition) is 6. The van der Waals surface area contributed by atoms with Crippen LogP contribution in [0.3, 0.4) is 0 Å². The lowest BCUT2D eigenvalue weighted by molar-refractivity contribution is 1.07. The van der Waals surface area contributed by atoms with Crippen LogP contribution in [0.2, 0.25) is 0 Å². The summed E-state index contributed by atoms with van der Waals surface area (Å²) in [7, 11) is 0. The summed E-state index contributed by atoms with van der Waals surface area (Å²) in [5.74, 6) is 1.82. The second kappa shape index (κ2) is 15.2. The van der Waals surface area contributed by atoms with Gasteiger partial charge < -0.3 is 0 Å². The smallest absolute Gasteiger partial charge is 0.164 e. The number of aryl methyl sites for hydroxylation is 1. The van der Waals surface area contributed by atoms with E-state index in [1.165, 1.54) is 5.56 Å². The Morgan fingerprint density at radius 2 is 0.885 bits per heavy atom. The minimum absolute atomic E-state index is 0.601. The zero-order valence-corrected chi connectivity index (χ0v) is 33.2. The Morgan fingerprint density at radius 1 is 0.328 bits per heavy atom. The van der Waals surface area contributed by atoms with Crippen LogP contribution < -0.4 is 0 Å². The summed E-state index contributed by atoms with van der Waals surface area (Å²) in [6, 6.07) is 64.9. The number of nitrogens with zero attached hydrogens (tertiary/aromatic N) is 6. The maximum Gasteiger partial charge on any atom is 0.164 e. The van der Waals surface area contributed by atoms with Gasteiger partial charge in [0.15, 0.2) is 17.5 Å². The summed E-state index contributed by atoms with van der Waals surface area (Å²) in [4.78, 5) is 30.0. The lowest BCUT2D eigenvalue weighted by atomic mass is 9.98. The third-order valence-electron chi connectivity index (χ3n) is 11.3. The van der Waals surface area contributed by atoms with E-state index in [0.717, 1.165) is 94.0 Å². The van der Waals surface area contributed by atoms with E-state index in [0.29, 0.717) is 17.5 Å². The molecule has 0 fully saturated rings. The Labute approximate surface area is 353 Å². The molecule has 0 unspecified atom stereocenters. The fraction of sp³-hybridized carbons (Fsp3) is 0.0182. The SMILES string of the molecule is Cc1cc(-c2ccccc2)nc2c1ccc1ccc(-c3cccc(-c4cccc(-c5nc(-c6ccccc6)nc(-c6cccc(-c7cccc8cnccc78)c6)n5)c4)c3)nc12. The van der Waals surface area contributed by atoms with Crippen molar-refractivity contribution in [3.63, 3.8) is 0 Å². The van der Waals surface area contributed by atoms with Crippen LogP contribution in [0, 0.1) is 6.92 Å². The molecular formula is C55H36N6.